The third-order valence-electron chi connectivity index (χ3n) is 3.42. The summed E-state index contributed by atoms with van der Waals surface area (Å²) in [6.07, 6.45) is 0. The van der Waals surface area contributed by atoms with E-state index >= 15 is 0 Å². The van der Waals surface area contributed by atoms with Gasteiger partial charge in [-0.05, 0) is 26.0 Å². The molecule has 0 spiro atoms. The van der Waals surface area contributed by atoms with Gasteiger partial charge in [-0.2, -0.15) is 5.26 Å². The SMILES string of the molecule is Cc1nc(C)c(-c2nnc(SCC(=O)N(CC#N)c3ccccc3)o2)s1. The average molecular weight is 385 g/mol. The Kier molecular flexibility index (Phi) is 5.65. The van der Waals surface area contributed by atoms with E-state index in [1.54, 1.807) is 12.1 Å². The van der Waals surface area contributed by atoms with E-state index in [2.05, 4.69) is 15.2 Å². The minimum Gasteiger partial charge on any atom is -0.410 e. The van der Waals surface area contributed by atoms with E-state index in [9.17, 15) is 4.79 Å². The summed E-state index contributed by atoms with van der Waals surface area (Å²) in [4.78, 5) is 19.1. The van der Waals surface area contributed by atoms with Gasteiger partial charge in [0.1, 0.15) is 11.4 Å². The summed E-state index contributed by atoms with van der Waals surface area (Å²) in [6, 6.07) is 11.1. The molecule has 0 bridgehead atoms. The number of nitriles is 1. The molecule has 26 heavy (non-hydrogen) atoms. The van der Waals surface area contributed by atoms with E-state index < -0.39 is 0 Å². The monoisotopic (exact) mass is 385 g/mol. The van der Waals surface area contributed by atoms with Crippen molar-refractivity contribution >= 4 is 34.7 Å². The summed E-state index contributed by atoms with van der Waals surface area (Å²) in [5.74, 6) is 0.297. The third kappa shape index (κ3) is 4.09. The Labute approximate surface area is 158 Å². The predicted molar refractivity (Wildman–Crippen MR) is 100 cm³/mol. The fourth-order valence-electron chi connectivity index (χ4n) is 2.29. The van der Waals surface area contributed by atoms with Crippen molar-refractivity contribution < 1.29 is 9.21 Å². The highest BCUT2D eigenvalue weighted by atomic mass is 32.2. The summed E-state index contributed by atoms with van der Waals surface area (Å²) >= 11 is 2.63. The lowest BCUT2D eigenvalue weighted by Gasteiger charge is -2.18. The van der Waals surface area contributed by atoms with Crippen LogP contribution in [0.1, 0.15) is 10.7 Å². The zero-order valence-electron chi connectivity index (χ0n) is 14.2. The van der Waals surface area contributed by atoms with E-state index in [0.717, 1.165) is 27.3 Å². The van der Waals surface area contributed by atoms with Gasteiger partial charge in [-0.1, -0.05) is 30.0 Å². The van der Waals surface area contributed by atoms with E-state index in [1.165, 1.54) is 16.2 Å². The normalized spacial score (nSPS) is 10.5. The number of hydrogen-bond acceptors (Lipinski definition) is 8. The van der Waals surface area contributed by atoms with E-state index in [1.807, 2.05) is 38.1 Å². The lowest BCUT2D eigenvalue weighted by atomic mass is 10.3. The maximum atomic E-state index is 12.5. The smallest absolute Gasteiger partial charge is 0.277 e. The van der Waals surface area contributed by atoms with Gasteiger partial charge in [0.25, 0.3) is 11.1 Å². The number of anilines is 1. The standard InChI is InChI=1S/C17H15N5O2S2/c1-11-15(26-12(2)19-11)16-20-21-17(24-16)25-10-14(23)22(9-8-18)13-6-4-3-5-7-13/h3-7H,9-10H2,1-2H3. The molecule has 0 saturated heterocycles. The lowest BCUT2D eigenvalue weighted by Crippen LogP contribution is -2.32. The highest BCUT2D eigenvalue weighted by Crippen LogP contribution is 2.30. The molecule has 132 valence electrons. The van der Waals surface area contributed by atoms with Crippen LogP contribution in [0.4, 0.5) is 5.69 Å². The first-order valence-electron chi connectivity index (χ1n) is 7.71. The number of carbonyl (C=O) groups excluding carboxylic acids is 1. The second-order valence-corrected chi connectivity index (χ2v) is 7.41. The highest BCUT2D eigenvalue weighted by molar-refractivity contribution is 7.99. The fourth-order valence-corrected chi connectivity index (χ4v) is 3.77. The van der Waals surface area contributed by atoms with Crippen LogP contribution < -0.4 is 4.90 Å². The molecular formula is C17H15N5O2S2. The second-order valence-electron chi connectivity index (χ2n) is 5.28. The van der Waals surface area contributed by atoms with Crippen LogP contribution in [-0.4, -0.2) is 33.4 Å². The van der Waals surface area contributed by atoms with Gasteiger partial charge in [-0.25, -0.2) is 4.98 Å². The van der Waals surface area contributed by atoms with Crippen molar-refractivity contribution in [3.05, 3.63) is 41.0 Å². The van der Waals surface area contributed by atoms with Crippen LogP contribution in [0.15, 0.2) is 40.0 Å². The molecule has 0 aliphatic heterocycles. The Balaban J connectivity index is 1.68. The van der Waals surface area contributed by atoms with Gasteiger partial charge in [0, 0.05) is 5.69 Å². The first-order chi connectivity index (χ1) is 12.6. The largest absolute Gasteiger partial charge is 0.410 e. The van der Waals surface area contributed by atoms with E-state index in [0.29, 0.717) is 16.8 Å². The van der Waals surface area contributed by atoms with Crippen LogP contribution in [0.25, 0.3) is 10.8 Å². The van der Waals surface area contributed by atoms with Gasteiger partial charge in [0.15, 0.2) is 0 Å². The predicted octanol–water partition coefficient (Wildman–Crippen LogP) is 3.46. The number of hydrogen-bond donors (Lipinski definition) is 0. The molecule has 3 aromatic rings. The van der Waals surface area contributed by atoms with Crippen molar-refractivity contribution in [3.8, 4) is 16.8 Å². The number of nitrogens with zero attached hydrogens (tertiary/aromatic N) is 5. The minimum absolute atomic E-state index is 0.0160. The molecule has 0 aliphatic carbocycles. The number of aryl methyl sites for hydroxylation is 2. The molecule has 0 fully saturated rings. The Morgan fingerprint density at radius 1 is 1.31 bits per heavy atom. The Bertz CT molecular complexity index is 946. The lowest BCUT2D eigenvalue weighted by molar-refractivity contribution is -0.116. The van der Waals surface area contributed by atoms with Crippen LogP contribution in [0.3, 0.4) is 0 Å². The first kappa shape index (κ1) is 18.1. The fraction of sp³-hybridized carbons (Fsp3) is 0.235. The summed E-state index contributed by atoms with van der Waals surface area (Å²) in [6.45, 7) is 3.79. The van der Waals surface area contributed by atoms with Crippen molar-refractivity contribution in [3.63, 3.8) is 0 Å². The summed E-state index contributed by atoms with van der Waals surface area (Å²) in [5, 5.41) is 18.2. The van der Waals surface area contributed by atoms with Crippen molar-refractivity contribution in [2.24, 2.45) is 0 Å². The Hall–Kier alpha value is -2.70. The first-order valence-corrected chi connectivity index (χ1v) is 9.51. The molecule has 0 N–H and O–H groups in total. The van der Waals surface area contributed by atoms with Gasteiger partial charge in [-0.3, -0.25) is 9.69 Å². The van der Waals surface area contributed by atoms with Crippen molar-refractivity contribution in [2.75, 3.05) is 17.2 Å². The molecule has 0 radical (unpaired) electrons. The van der Waals surface area contributed by atoms with Gasteiger partial charge in [0.05, 0.1) is 22.5 Å². The highest BCUT2D eigenvalue weighted by Gasteiger charge is 2.19. The van der Waals surface area contributed by atoms with Crippen LogP contribution in [-0.2, 0) is 4.79 Å². The molecule has 1 aromatic carbocycles. The van der Waals surface area contributed by atoms with Gasteiger partial charge < -0.3 is 4.42 Å². The maximum Gasteiger partial charge on any atom is 0.277 e. The van der Waals surface area contributed by atoms with Crippen LogP contribution in [0.2, 0.25) is 0 Å². The topological polar surface area (TPSA) is 95.9 Å². The number of amides is 1. The molecule has 7 nitrogen and oxygen atoms in total. The summed E-state index contributed by atoms with van der Waals surface area (Å²) in [5.41, 5.74) is 1.52. The molecule has 3 rings (SSSR count). The molecule has 0 unspecified atom stereocenters. The number of para-hydroxylation sites is 1. The van der Waals surface area contributed by atoms with E-state index in [-0.39, 0.29) is 18.2 Å². The number of thiazole rings is 1. The number of carbonyl (C=O) groups is 1. The molecule has 9 heteroatoms. The summed E-state index contributed by atoms with van der Waals surface area (Å²) in [7, 11) is 0. The van der Waals surface area contributed by atoms with Crippen LogP contribution in [0, 0.1) is 25.2 Å². The number of thioether (sulfide) groups is 1. The minimum atomic E-state index is -0.202. The van der Waals surface area contributed by atoms with Crippen molar-refractivity contribution in [2.45, 2.75) is 19.1 Å². The molecule has 1 amide bonds. The zero-order chi connectivity index (χ0) is 18.5. The quantitative estimate of drug-likeness (QED) is 0.473. The molecule has 0 aliphatic rings. The molecule has 2 heterocycles. The van der Waals surface area contributed by atoms with Crippen LogP contribution >= 0.6 is 23.1 Å². The molecule has 0 saturated carbocycles. The number of aromatic nitrogens is 3. The van der Waals surface area contributed by atoms with Gasteiger partial charge in [-0.15, -0.1) is 21.5 Å². The zero-order valence-corrected chi connectivity index (χ0v) is 15.8. The Morgan fingerprint density at radius 2 is 2.08 bits per heavy atom. The van der Waals surface area contributed by atoms with Gasteiger partial charge >= 0.3 is 0 Å². The van der Waals surface area contributed by atoms with Crippen molar-refractivity contribution in [1.82, 2.24) is 15.2 Å². The van der Waals surface area contributed by atoms with Crippen LogP contribution in [0.5, 0.6) is 0 Å². The number of rotatable bonds is 6. The molecular weight excluding hydrogens is 370 g/mol. The van der Waals surface area contributed by atoms with Crippen molar-refractivity contribution in [1.29, 1.82) is 5.26 Å². The average Bonchev–Trinajstić information content (AvgIpc) is 3.24. The summed E-state index contributed by atoms with van der Waals surface area (Å²) < 4.78 is 5.64. The van der Waals surface area contributed by atoms with Gasteiger partial charge in [0.2, 0.25) is 5.91 Å². The Morgan fingerprint density at radius 3 is 2.73 bits per heavy atom. The maximum absolute atomic E-state index is 12.5. The number of benzene rings is 1. The molecule has 2 aromatic heterocycles. The second kappa shape index (κ2) is 8.12. The third-order valence-corrected chi connectivity index (χ3v) is 5.29. The van der Waals surface area contributed by atoms with E-state index in [4.69, 9.17) is 9.68 Å². The molecule has 0 atom stereocenters.